The van der Waals surface area contributed by atoms with Gasteiger partial charge in [0, 0.05) is 25.8 Å². The number of nitrogens with one attached hydrogen (secondary N) is 1. The fourth-order valence-electron chi connectivity index (χ4n) is 2.98. The minimum Gasteiger partial charge on any atom is -0.383 e. The van der Waals surface area contributed by atoms with Gasteiger partial charge in [0.25, 0.3) is 5.56 Å². The number of carbonyl (C=O) groups is 1. The molecule has 30 heavy (non-hydrogen) atoms. The van der Waals surface area contributed by atoms with Crippen LogP contribution in [0.3, 0.4) is 0 Å². The molecule has 0 unspecified atom stereocenters. The number of unbranched alkanes of at least 4 members (excludes halogenated alkanes) is 1. The summed E-state index contributed by atoms with van der Waals surface area (Å²) in [5, 5.41) is 3.78. The third-order valence-electron chi connectivity index (χ3n) is 4.47. The van der Waals surface area contributed by atoms with E-state index in [2.05, 4.69) is 10.3 Å². The highest BCUT2D eigenvalue weighted by molar-refractivity contribution is 7.99. The monoisotopic (exact) mass is 429 g/mol. The fourth-order valence-corrected chi connectivity index (χ4v) is 4.00. The van der Waals surface area contributed by atoms with Crippen LogP contribution in [0.5, 0.6) is 0 Å². The average molecular weight is 430 g/mol. The number of carbonyl (C=O) groups excluding carboxylic acids is 1. The first-order chi connectivity index (χ1) is 14.6. The van der Waals surface area contributed by atoms with Crippen molar-refractivity contribution < 1.29 is 13.9 Å². The molecule has 8 heteroatoms. The molecule has 0 aliphatic heterocycles. The molecule has 158 valence electrons. The number of nitrogens with zero attached hydrogens (tertiary/aromatic N) is 2. The number of aromatic nitrogens is 2. The number of hydrogen-bond donors (Lipinski definition) is 1. The molecule has 0 radical (unpaired) electrons. The van der Waals surface area contributed by atoms with E-state index in [0.29, 0.717) is 47.1 Å². The summed E-state index contributed by atoms with van der Waals surface area (Å²) in [6.45, 7) is 0.998. The minimum atomic E-state index is -0.414. The predicted octanol–water partition coefficient (Wildman–Crippen LogP) is 3.55. The molecule has 6 nitrogen and oxygen atoms in total. The maximum atomic E-state index is 13.8. The van der Waals surface area contributed by atoms with Crippen LogP contribution in [0.15, 0.2) is 58.5 Å². The maximum absolute atomic E-state index is 13.8. The van der Waals surface area contributed by atoms with Gasteiger partial charge in [0.15, 0.2) is 5.16 Å². The first-order valence-electron chi connectivity index (χ1n) is 9.76. The molecule has 0 bridgehead atoms. The molecular formula is C22H24FN3O3S. The number of ether oxygens (including phenoxy) is 1. The van der Waals surface area contributed by atoms with Crippen LogP contribution in [0.2, 0.25) is 0 Å². The molecule has 0 saturated heterocycles. The molecule has 2 aromatic carbocycles. The molecule has 3 aromatic rings. The summed E-state index contributed by atoms with van der Waals surface area (Å²) in [5.41, 5.74) is 0.819. The second-order valence-corrected chi connectivity index (χ2v) is 7.74. The summed E-state index contributed by atoms with van der Waals surface area (Å²) < 4.78 is 20.1. The molecular weight excluding hydrogens is 405 g/mol. The lowest BCUT2D eigenvalue weighted by Gasteiger charge is -2.13. The van der Waals surface area contributed by atoms with E-state index >= 15 is 0 Å². The van der Waals surface area contributed by atoms with Crippen LogP contribution >= 0.6 is 11.8 Å². The first kappa shape index (κ1) is 22.0. The standard InChI is InChI=1S/C22H24FN3O3S/c1-29-13-12-24-20(27)11-4-5-14-30-22-25-19-10-3-2-9-18(19)21(28)26(22)17-8-6-7-16(23)15-17/h2-3,6-10,15H,4-5,11-14H2,1H3,(H,24,27). The summed E-state index contributed by atoms with van der Waals surface area (Å²) in [5.74, 6) is 0.270. The van der Waals surface area contributed by atoms with Crippen molar-refractivity contribution >= 4 is 28.6 Å². The summed E-state index contributed by atoms with van der Waals surface area (Å²) >= 11 is 1.43. The topological polar surface area (TPSA) is 73.2 Å². The van der Waals surface area contributed by atoms with Crippen molar-refractivity contribution in [3.63, 3.8) is 0 Å². The fraction of sp³-hybridized carbons (Fsp3) is 0.318. The summed E-state index contributed by atoms with van der Waals surface area (Å²) in [4.78, 5) is 29.5. The molecule has 1 amide bonds. The van der Waals surface area contributed by atoms with E-state index in [1.807, 2.05) is 6.07 Å². The summed E-state index contributed by atoms with van der Waals surface area (Å²) in [6.07, 6.45) is 1.95. The second-order valence-electron chi connectivity index (χ2n) is 6.68. The molecule has 1 heterocycles. The average Bonchev–Trinajstić information content (AvgIpc) is 2.74. The van der Waals surface area contributed by atoms with Gasteiger partial charge < -0.3 is 10.1 Å². The van der Waals surface area contributed by atoms with Gasteiger partial charge in [-0.25, -0.2) is 9.37 Å². The van der Waals surface area contributed by atoms with Gasteiger partial charge in [-0.05, 0) is 43.2 Å². The molecule has 1 N–H and O–H groups in total. The van der Waals surface area contributed by atoms with Crippen molar-refractivity contribution in [1.82, 2.24) is 14.9 Å². The van der Waals surface area contributed by atoms with Crippen molar-refractivity contribution in [2.75, 3.05) is 26.0 Å². The molecule has 0 aliphatic carbocycles. The molecule has 0 saturated carbocycles. The Hall–Kier alpha value is -2.71. The van der Waals surface area contributed by atoms with E-state index in [9.17, 15) is 14.0 Å². The summed E-state index contributed by atoms with van der Waals surface area (Å²) in [7, 11) is 1.59. The van der Waals surface area contributed by atoms with Crippen LogP contribution in [0.1, 0.15) is 19.3 Å². The molecule has 0 atom stereocenters. The smallest absolute Gasteiger partial charge is 0.266 e. The number of methoxy groups -OCH3 is 1. The number of hydrogen-bond acceptors (Lipinski definition) is 5. The number of benzene rings is 2. The maximum Gasteiger partial charge on any atom is 0.266 e. The third kappa shape index (κ3) is 5.67. The van der Waals surface area contributed by atoms with Gasteiger partial charge in [-0.1, -0.05) is 30.0 Å². The molecule has 0 spiro atoms. The largest absolute Gasteiger partial charge is 0.383 e. The predicted molar refractivity (Wildman–Crippen MR) is 117 cm³/mol. The van der Waals surface area contributed by atoms with Gasteiger partial charge in [0.2, 0.25) is 5.91 Å². The Morgan fingerprint density at radius 1 is 1.20 bits per heavy atom. The zero-order valence-corrected chi connectivity index (χ0v) is 17.6. The van der Waals surface area contributed by atoms with Crippen molar-refractivity contribution in [2.45, 2.75) is 24.4 Å². The number of thioether (sulfide) groups is 1. The van der Waals surface area contributed by atoms with E-state index in [-0.39, 0.29) is 11.5 Å². The lowest BCUT2D eigenvalue weighted by molar-refractivity contribution is -0.121. The Balaban J connectivity index is 1.72. The van der Waals surface area contributed by atoms with Crippen molar-refractivity contribution in [3.8, 4) is 5.69 Å². The van der Waals surface area contributed by atoms with E-state index in [0.717, 1.165) is 12.8 Å². The summed E-state index contributed by atoms with van der Waals surface area (Å²) in [6, 6.07) is 13.1. The Kier molecular flexibility index (Phi) is 7.98. The molecule has 0 aliphatic rings. The Bertz CT molecular complexity index is 1070. The minimum absolute atomic E-state index is 0.00227. The Labute approximate surface area is 178 Å². The van der Waals surface area contributed by atoms with E-state index in [1.54, 1.807) is 37.4 Å². The van der Waals surface area contributed by atoms with E-state index in [4.69, 9.17) is 4.74 Å². The molecule has 1 aromatic heterocycles. The number of para-hydroxylation sites is 1. The first-order valence-corrected chi connectivity index (χ1v) is 10.7. The second kappa shape index (κ2) is 10.9. The van der Waals surface area contributed by atoms with Crippen molar-refractivity contribution in [1.29, 1.82) is 0 Å². The lowest BCUT2D eigenvalue weighted by atomic mass is 10.2. The van der Waals surface area contributed by atoms with E-state index in [1.165, 1.54) is 28.5 Å². The zero-order chi connectivity index (χ0) is 21.3. The normalized spacial score (nSPS) is 11.0. The van der Waals surface area contributed by atoms with Crippen LogP contribution in [0.4, 0.5) is 4.39 Å². The highest BCUT2D eigenvalue weighted by atomic mass is 32.2. The number of amides is 1. The number of fused-ring (bicyclic) bond motifs is 1. The quantitative estimate of drug-likeness (QED) is 0.303. The lowest BCUT2D eigenvalue weighted by Crippen LogP contribution is -2.26. The van der Waals surface area contributed by atoms with Crippen molar-refractivity contribution in [2.24, 2.45) is 0 Å². The van der Waals surface area contributed by atoms with Crippen molar-refractivity contribution in [3.05, 3.63) is 64.7 Å². The van der Waals surface area contributed by atoms with Gasteiger partial charge in [-0.2, -0.15) is 0 Å². The Morgan fingerprint density at radius 3 is 2.83 bits per heavy atom. The van der Waals surface area contributed by atoms with Gasteiger partial charge in [0.1, 0.15) is 5.82 Å². The molecule has 0 fully saturated rings. The van der Waals surface area contributed by atoms with Gasteiger partial charge in [0.05, 0.1) is 23.2 Å². The SMILES string of the molecule is COCCNC(=O)CCCCSc1nc2ccccc2c(=O)n1-c1cccc(F)c1. The highest BCUT2D eigenvalue weighted by Crippen LogP contribution is 2.22. The van der Waals surface area contributed by atoms with Gasteiger partial charge >= 0.3 is 0 Å². The van der Waals surface area contributed by atoms with Crippen LogP contribution in [0.25, 0.3) is 16.6 Å². The van der Waals surface area contributed by atoms with Crippen LogP contribution in [-0.4, -0.2) is 41.5 Å². The van der Waals surface area contributed by atoms with Crippen LogP contribution in [0, 0.1) is 5.82 Å². The van der Waals surface area contributed by atoms with E-state index < -0.39 is 5.82 Å². The zero-order valence-electron chi connectivity index (χ0n) is 16.8. The van der Waals surface area contributed by atoms with Crippen LogP contribution < -0.4 is 10.9 Å². The third-order valence-corrected chi connectivity index (χ3v) is 5.49. The molecule has 3 rings (SSSR count). The number of rotatable bonds is 10. The highest BCUT2D eigenvalue weighted by Gasteiger charge is 2.13. The van der Waals surface area contributed by atoms with Gasteiger partial charge in [-0.3, -0.25) is 14.2 Å². The number of halogens is 1. The van der Waals surface area contributed by atoms with Gasteiger partial charge in [-0.15, -0.1) is 0 Å². The Morgan fingerprint density at radius 2 is 2.03 bits per heavy atom. The van der Waals surface area contributed by atoms with Crippen LogP contribution in [-0.2, 0) is 9.53 Å².